The summed E-state index contributed by atoms with van der Waals surface area (Å²) in [5.74, 6) is 2.28. The quantitative estimate of drug-likeness (QED) is 0.0988. The molecule has 0 aliphatic carbocycles. The highest BCUT2D eigenvalue weighted by molar-refractivity contribution is 5.99. The Bertz CT molecular complexity index is 1820. The van der Waals surface area contributed by atoms with E-state index < -0.39 is 0 Å². The fourth-order valence-electron chi connectivity index (χ4n) is 8.50. The smallest absolute Gasteiger partial charge is 0.247 e. The van der Waals surface area contributed by atoms with E-state index in [9.17, 15) is 9.90 Å². The highest BCUT2D eigenvalue weighted by atomic mass is 16.3. The minimum absolute atomic E-state index is 0.148. The number of aryl methyl sites for hydroxylation is 9. The molecule has 0 saturated carbocycles. The van der Waals surface area contributed by atoms with E-state index in [4.69, 9.17) is 5.73 Å². The number of amides is 1. The Morgan fingerprint density at radius 2 is 0.931 bits per heavy atom. The lowest BCUT2D eigenvalue weighted by Crippen LogP contribution is -2.12. The lowest BCUT2D eigenvalue weighted by molar-refractivity contribution is -0.111. The van der Waals surface area contributed by atoms with E-state index in [1.807, 2.05) is 19.1 Å². The number of rotatable bonds is 12. The van der Waals surface area contributed by atoms with Gasteiger partial charge in [0.1, 0.15) is 5.75 Å². The van der Waals surface area contributed by atoms with Gasteiger partial charge in [0.05, 0.1) is 0 Å². The topological polar surface area (TPSA) is 75.4 Å². The van der Waals surface area contributed by atoms with Gasteiger partial charge in [0, 0.05) is 11.4 Å². The Morgan fingerprint density at radius 1 is 0.569 bits per heavy atom. The third kappa shape index (κ3) is 16.1. The molecule has 0 aromatic heterocycles. The first-order valence-corrected chi connectivity index (χ1v) is 22.0. The summed E-state index contributed by atoms with van der Waals surface area (Å²) >= 11 is 0. The second-order valence-corrected chi connectivity index (χ2v) is 17.5. The zero-order valence-electron chi connectivity index (χ0n) is 39.9. The molecule has 0 radical (unpaired) electrons. The van der Waals surface area contributed by atoms with Crippen LogP contribution in [0.5, 0.6) is 5.75 Å². The number of phenols is 1. The third-order valence-corrected chi connectivity index (χ3v) is 10.3. The van der Waals surface area contributed by atoms with Gasteiger partial charge in [-0.3, -0.25) is 4.79 Å². The van der Waals surface area contributed by atoms with Gasteiger partial charge in [-0.05, 0) is 176 Å². The molecule has 0 aliphatic heterocycles. The minimum Gasteiger partial charge on any atom is -0.508 e. The van der Waals surface area contributed by atoms with Crippen LogP contribution in [-0.4, -0.2) is 11.0 Å². The number of carbonyl (C=O) groups is 1. The number of hydrogen-bond acceptors (Lipinski definition) is 3. The van der Waals surface area contributed by atoms with Crippen molar-refractivity contribution >= 4 is 17.3 Å². The third-order valence-electron chi connectivity index (χ3n) is 10.3. The summed E-state index contributed by atoms with van der Waals surface area (Å²) in [6.07, 6.45) is 7.98. The molecular formula is C54H82N2O2. The van der Waals surface area contributed by atoms with Gasteiger partial charge >= 0.3 is 0 Å². The molecule has 0 unspecified atom stereocenters. The molecule has 320 valence electrons. The van der Waals surface area contributed by atoms with Crippen LogP contribution in [0.15, 0.2) is 61.2 Å². The van der Waals surface area contributed by atoms with Crippen LogP contribution < -0.4 is 11.1 Å². The van der Waals surface area contributed by atoms with Gasteiger partial charge < -0.3 is 16.2 Å². The fourth-order valence-corrected chi connectivity index (χ4v) is 8.50. The Kier molecular flexibility index (Phi) is 22.5. The van der Waals surface area contributed by atoms with Crippen LogP contribution >= 0.6 is 0 Å². The lowest BCUT2D eigenvalue weighted by atomic mass is 9.91. The van der Waals surface area contributed by atoms with E-state index >= 15 is 0 Å². The predicted molar refractivity (Wildman–Crippen MR) is 257 cm³/mol. The number of aromatic hydroxyl groups is 1. The molecular weight excluding hydrogens is 709 g/mol. The molecule has 0 heterocycles. The van der Waals surface area contributed by atoms with Crippen LogP contribution in [0.4, 0.5) is 11.4 Å². The number of anilines is 2. The van der Waals surface area contributed by atoms with Crippen molar-refractivity contribution in [3.05, 3.63) is 134 Å². The first kappa shape index (κ1) is 51.7. The average molecular weight is 791 g/mol. The van der Waals surface area contributed by atoms with Crippen molar-refractivity contribution in [1.29, 1.82) is 0 Å². The molecule has 0 fully saturated rings. The highest BCUT2D eigenvalue weighted by Gasteiger charge is 2.15. The largest absolute Gasteiger partial charge is 0.508 e. The van der Waals surface area contributed by atoms with Gasteiger partial charge in [-0.1, -0.05) is 138 Å². The number of phenolic OH excluding ortho intramolecular Hbond substituents is 1. The second kappa shape index (κ2) is 25.2. The molecule has 0 spiro atoms. The van der Waals surface area contributed by atoms with Crippen molar-refractivity contribution < 1.29 is 9.90 Å². The van der Waals surface area contributed by atoms with Crippen molar-refractivity contribution in [3.8, 4) is 5.75 Å². The summed E-state index contributed by atoms with van der Waals surface area (Å²) in [6.45, 7) is 40.3. The number of nitrogen functional groups attached to an aromatic ring is 1. The fraction of sp³-hybridized carbons (Fsp3) is 0.500. The molecule has 0 bridgehead atoms. The zero-order valence-corrected chi connectivity index (χ0v) is 39.9. The number of nitrogens with two attached hydrogens (primary N) is 1. The minimum atomic E-state index is -0.148. The Hall–Kier alpha value is -4.31. The van der Waals surface area contributed by atoms with Crippen LogP contribution in [0, 0.1) is 41.5 Å². The van der Waals surface area contributed by atoms with E-state index in [1.54, 1.807) is 0 Å². The Labute approximate surface area is 356 Å². The lowest BCUT2D eigenvalue weighted by Gasteiger charge is -2.19. The second-order valence-electron chi connectivity index (χ2n) is 17.5. The summed E-state index contributed by atoms with van der Waals surface area (Å²) in [6, 6.07) is 17.2. The van der Waals surface area contributed by atoms with Crippen molar-refractivity contribution in [1.82, 2.24) is 0 Å². The maximum atomic E-state index is 11.5. The summed E-state index contributed by atoms with van der Waals surface area (Å²) in [5.41, 5.74) is 25.1. The maximum absolute atomic E-state index is 11.5. The van der Waals surface area contributed by atoms with Crippen LogP contribution in [-0.2, 0) is 24.1 Å². The number of benzene rings is 4. The highest BCUT2D eigenvalue weighted by Crippen LogP contribution is 2.33. The molecule has 4 aromatic carbocycles. The number of carbonyl (C=O) groups excluding carboxylic acids is 1. The van der Waals surface area contributed by atoms with Gasteiger partial charge in [-0.25, -0.2) is 0 Å². The van der Waals surface area contributed by atoms with Gasteiger partial charge in [-0.15, -0.1) is 0 Å². The monoisotopic (exact) mass is 791 g/mol. The SMILES string of the molecule is C=CC(=O)Nc1cc(C)cc(CCC)c1C(C)C.CCCc1cc(C)cc(N)c1C(C)C.CCCc1cc(C)cc(O)c1C(C)C.Cc1cc(C)c(C(C)C)c(C)c1. The van der Waals surface area contributed by atoms with E-state index in [0.717, 1.165) is 54.6 Å². The van der Waals surface area contributed by atoms with Crippen molar-refractivity contribution in [3.63, 3.8) is 0 Å². The van der Waals surface area contributed by atoms with Crippen LogP contribution in [0.25, 0.3) is 0 Å². The van der Waals surface area contributed by atoms with Crippen LogP contribution in [0.3, 0.4) is 0 Å². The first-order chi connectivity index (χ1) is 27.1. The van der Waals surface area contributed by atoms with E-state index in [1.165, 1.54) is 73.7 Å². The van der Waals surface area contributed by atoms with Crippen LogP contribution in [0.1, 0.15) is 191 Å². The molecule has 4 nitrogen and oxygen atoms in total. The van der Waals surface area contributed by atoms with E-state index in [-0.39, 0.29) is 5.91 Å². The summed E-state index contributed by atoms with van der Waals surface area (Å²) in [5, 5.41) is 12.8. The molecule has 0 aliphatic rings. The summed E-state index contributed by atoms with van der Waals surface area (Å²) in [4.78, 5) is 11.5. The molecule has 4 heteroatoms. The Balaban J connectivity index is 0.000000391. The number of hydrogen-bond donors (Lipinski definition) is 3. The standard InChI is InChI=1S/C16H23NO.C13H21N.C13H20O.C12H18/c1-6-8-13-9-12(5)10-14(16(13)11(3)4)17-15(18)7-2;2*1-5-6-11-7-10(4)8-12(14)13(11)9(2)3;1-8(2)12-10(4)6-9(3)7-11(12)5/h7,9-11H,2,6,8H2,1,3-5H3,(H,17,18);7-9H,5-6,14H2,1-4H3;7-9,14H,5-6H2,1-4H3;6-8H,1-5H3. The molecule has 4 N–H and O–H groups in total. The summed E-state index contributed by atoms with van der Waals surface area (Å²) in [7, 11) is 0. The zero-order chi connectivity index (χ0) is 44.4. The van der Waals surface area contributed by atoms with Gasteiger partial charge in [-0.2, -0.15) is 0 Å². The predicted octanol–water partition coefficient (Wildman–Crippen LogP) is 15.4. The van der Waals surface area contributed by atoms with Crippen molar-refractivity contribution in [2.24, 2.45) is 0 Å². The molecule has 4 rings (SSSR count). The molecule has 4 aromatic rings. The van der Waals surface area contributed by atoms with Gasteiger partial charge in [0.25, 0.3) is 0 Å². The molecule has 1 amide bonds. The average Bonchev–Trinajstić information content (AvgIpc) is 3.07. The first-order valence-electron chi connectivity index (χ1n) is 22.0. The van der Waals surface area contributed by atoms with Crippen molar-refractivity contribution in [2.75, 3.05) is 11.1 Å². The normalized spacial score (nSPS) is 10.8. The van der Waals surface area contributed by atoms with Gasteiger partial charge in [0.2, 0.25) is 5.91 Å². The van der Waals surface area contributed by atoms with Gasteiger partial charge in [0.15, 0.2) is 0 Å². The molecule has 0 atom stereocenters. The Morgan fingerprint density at radius 3 is 1.33 bits per heavy atom. The van der Waals surface area contributed by atoms with E-state index in [0.29, 0.717) is 29.4 Å². The molecule has 0 saturated heterocycles. The van der Waals surface area contributed by atoms with Crippen LogP contribution in [0.2, 0.25) is 0 Å². The van der Waals surface area contributed by atoms with Crippen molar-refractivity contribution in [2.45, 2.75) is 180 Å². The van der Waals surface area contributed by atoms with E-state index in [2.05, 4.69) is 159 Å². The maximum Gasteiger partial charge on any atom is 0.247 e. The molecule has 58 heavy (non-hydrogen) atoms. The number of nitrogens with one attached hydrogen (secondary N) is 1. The summed E-state index contributed by atoms with van der Waals surface area (Å²) < 4.78 is 0.